The molecule has 1 aromatic carbocycles. The van der Waals surface area contributed by atoms with Gasteiger partial charge in [0.25, 0.3) is 0 Å². The molecule has 15 heavy (non-hydrogen) atoms. The van der Waals surface area contributed by atoms with Crippen LogP contribution >= 0.6 is 23.2 Å². The van der Waals surface area contributed by atoms with E-state index in [1.54, 1.807) is 12.1 Å². The van der Waals surface area contributed by atoms with E-state index in [1.807, 2.05) is 0 Å². The first kappa shape index (κ1) is 10.9. The lowest BCUT2D eigenvalue weighted by atomic mass is 10.2. The van der Waals surface area contributed by atoms with Gasteiger partial charge < -0.3 is 15.3 Å². The molecule has 1 heterocycles. The zero-order chi connectivity index (χ0) is 10.8. The predicted octanol–water partition coefficient (Wildman–Crippen LogP) is 2.11. The summed E-state index contributed by atoms with van der Waals surface area (Å²) in [6.45, 7) is 3.69. The Morgan fingerprint density at radius 3 is 2.47 bits per heavy atom. The van der Waals surface area contributed by atoms with Crippen molar-refractivity contribution in [2.24, 2.45) is 0 Å². The molecule has 2 rings (SSSR count). The van der Waals surface area contributed by atoms with Crippen molar-refractivity contribution in [2.75, 3.05) is 31.1 Å². The number of aromatic hydroxyl groups is 1. The zero-order valence-corrected chi connectivity index (χ0v) is 9.65. The maximum absolute atomic E-state index is 9.38. The van der Waals surface area contributed by atoms with Crippen LogP contribution in [-0.4, -0.2) is 31.3 Å². The number of halogens is 2. The molecule has 1 aromatic rings. The molecule has 5 heteroatoms. The van der Waals surface area contributed by atoms with Crippen molar-refractivity contribution in [2.45, 2.75) is 0 Å². The van der Waals surface area contributed by atoms with Gasteiger partial charge in [0.2, 0.25) is 0 Å². The standard InChI is InChI=1S/C10H12Cl2N2O/c11-9-7(1-2-8(15)10(9)12)14-5-3-13-4-6-14/h1-2,13,15H,3-6H2. The van der Waals surface area contributed by atoms with Crippen LogP contribution < -0.4 is 10.2 Å². The number of nitrogens with zero attached hydrogens (tertiary/aromatic N) is 1. The number of piperazine rings is 1. The fraction of sp³-hybridized carbons (Fsp3) is 0.400. The molecule has 0 amide bonds. The van der Waals surface area contributed by atoms with Crippen molar-refractivity contribution in [1.29, 1.82) is 0 Å². The Labute approximate surface area is 98.6 Å². The highest BCUT2D eigenvalue weighted by Crippen LogP contribution is 2.38. The predicted molar refractivity (Wildman–Crippen MR) is 63.2 cm³/mol. The van der Waals surface area contributed by atoms with Crippen molar-refractivity contribution in [3.63, 3.8) is 0 Å². The lowest BCUT2D eigenvalue weighted by molar-refractivity contribution is 0.475. The normalized spacial score (nSPS) is 16.8. The third kappa shape index (κ3) is 2.14. The molecular formula is C10H12Cl2N2O. The molecule has 0 aliphatic carbocycles. The summed E-state index contributed by atoms with van der Waals surface area (Å²) in [7, 11) is 0. The number of hydrogen-bond acceptors (Lipinski definition) is 3. The molecule has 0 atom stereocenters. The first-order valence-electron chi connectivity index (χ1n) is 4.83. The third-order valence-electron chi connectivity index (χ3n) is 2.50. The minimum absolute atomic E-state index is 0.0283. The highest BCUT2D eigenvalue weighted by Gasteiger charge is 2.16. The van der Waals surface area contributed by atoms with Crippen molar-refractivity contribution in [3.05, 3.63) is 22.2 Å². The van der Waals surface area contributed by atoms with Crippen LogP contribution in [0.15, 0.2) is 12.1 Å². The van der Waals surface area contributed by atoms with Crippen LogP contribution in [-0.2, 0) is 0 Å². The number of nitrogens with one attached hydrogen (secondary N) is 1. The van der Waals surface area contributed by atoms with Gasteiger partial charge >= 0.3 is 0 Å². The number of benzene rings is 1. The smallest absolute Gasteiger partial charge is 0.135 e. The van der Waals surface area contributed by atoms with E-state index in [2.05, 4.69) is 10.2 Å². The van der Waals surface area contributed by atoms with Gasteiger partial charge in [-0.25, -0.2) is 0 Å². The van der Waals surface area contributed by atoms with Crippen LogP contribution in [0.1, 0.15) is 0 Å². The SMILES string of the molecule is Oc1ccc(N2CCNCC2)c(Cl)c1Cl. The first-order valence-corrected chi connectivity index (χ1v) is 5.58. The van der Waals surface area contributed by atoms with Crippen LogP contribution in [0.2, 0.25) is 10.0 Å². The van der Waals surface area contributed by atoms with Gasteiger partial charge in [0.1, 0.15) is 10.8 Å². The number of hydrogen-bond donors (Lipinski definition) is 2. The summed E-state index contributed by atoms with van der Waals surface area (Å²) in [6, 6.07) is 3.38. The highest BCUT2D eigenvalue weighted by atomic mass is 35.5. The van der Waals surface area contributed by atoms with E-state index in [1.165, 1.54) is 0 Å². The minimum Gasteiger partial charge on any atom is -0.506 e. The molecule has 1 fully saturated rings. The van der Waals surface area contributed by atoms with Crippen molar-refractivity contribution in [3.8, 4) is 5.75 Å². The van der Waals surface area contributed by atoms with Crippen molar-refractivity contribution in [1.82, 2.24) is 5.32 Å². The van der Waals surface area contributed by atoms with Gasteiger partial charge in [-0.05, 0) is 12.1 Å². The van der Waals surface area contributed by atoms with E-state index in [9.17, 15) is 5.11 Å². The van der Waals surface area contributed by atoms with Gasteiger partial charge in [0, 0.05) is 26.2 Å². The van der Waals surface area contributed by atoms with E-state index >= 15 is 0 Å². The topological polar surface area (TPSA) is 35.5 Å². The van der Waals surface area contributed by atoms with Crippen LogP contribution in [0.3, 0.4) is 0 Å². The quantitative estimate of drug-likeness (QED) is 0.797. The Morgan fingerprint density at radius 1 is 1.13 bits per heavy atom. The van der Waals surface area contributed by atoms with E-state index in [0.717, 1.165) is 31.9 Å². The van der Waals surface area contributed by atoms with Crippen molar-refractivity contribution < 1.29 is 5.11 Å². The van der Waals surface area contributed by atoms with Crippen LogP contribution in [0.5, 0.6) is 5.75 Å². The number of anilines is 1. The summed E-state index contributed by atoms with van der Waals surface area (Å²) in [6.07, 6.45) is 0. The van der Waals surface area contributed by atoms with E-state index < -0.39 is 0 Å². The fourth-order valence-corrected chi connectivity index (χ4v) is 2.12. The molecule has 1 saturated heterocycles. The summed E-state index contributed by atoms with van der Waals surface area (Å²) in [5.74, 6) is 0.0283. The number of rotatable bonds is 1. The lowest BCUT2D eigenvalue weighted by Crippen LogP contribution is -2.43. The summed E-state index contributed by atoms with van der Waals surface area (Å²) in [5, 5.41) is 13.3. The molecule has 1 aliphatic rings. The van der Waals surface area contributed by atoms with Crippen LogP contribution in [0.4, 0.5) is 5.69 Å². The Morgan fingerprint density at radius 2 is 1.80 bits per heavy atom. The molecule has 2 N–H and O–H groups in total. The van der Waals surface area contributed by atoms with E-state index in [-0.39, 0.29) is 10.8 Å². The molecule has 3 nitrogen and oxygen atoms in total. The second-order valence-corrected chi connectivity index (χ2v) is 4.22. The van der Waals surface area contributed by atoms with Gasteiger partial charge in [-0.15, -0.1) is 0 Å². The molecule has 1 aliphatic heterocycles. The maximum Gasteiger partial charge on any atom is 0.135 e. The monoisotopic (exact) mass is 246 g/mol. The Bertz CT molecular complexity index is 365. The maximum atomic E-state index is 9.38. The van der Waals surface area contributed by atoms with Crippen LogP contribution in [0.25, 0.3) is 0 Å². The Hall–Kier alpha value is -0.640. The van der Waals surface area contributed by atoms with Crippen LogP contribution in [0, 0.1) is 0 Å². The summed E-state index contributed by atoms with van der Waals surface area (Å²) >= 11 is 12.0. The van der Waals surface area contributed by atoms with Gasteiger partial charge in [-0.2, -0.15) is 0 Å². The number of phenolic OH excluding ortho intramolecular Hbond substituents is 1. The van der Waals surface area contributed by atoms with Gasteiger partial charge in [0.15, 0.2) is 0 Å². The Balaban J connectivity index is 2.31. The second-order valence-electron chi connectivity index (χ2n) is 3.47. The van der Waals surface area contributed by atoms with Gasteiger partial charge in [0.05, 0.1) is 10.7 Å². The average Bonchev–Trinajstić information content (AvgIpc) is 2.27. The first-order chi connectivity index (χ1) is 7.20. The molecule has 0 radical (unpaired) electrons. The second kappa shape index (κ2) is 4.47. The van der Waals surface area contributed by atoms with Crippen molar-refractivity contribution >= 4 is 28.9 Å². The van der Waals surface area contributed by atoms with E-state index in [4.69, 9.17) is 23.2 Å². The highest BCUT2D eigenvalue weighted by molar-refractivity contribution is 6.44. The minimum atomic E-state index is 0.0283. The average molecular weight is 247 g/mol. The summed E-state index contributed by atoms with van der Waals surface area (Å²) in [4.78, 5) is 2.16. The van der Waals surface area contributed by atoms with Gasteiger partial charge in [-0.3, -0.25) is 0 Å². The van der Waals surface area contributed by atoms with Gasteiger partial charge in [-0.1, -0.05) is 23.2 Å². The summed E-state index contributed by atoms with van der Waals surface area (Å²) < 4.78 is 0. The lowest BCUT2D eigenvalue weighted by Gasteiger charge is -2.30. The molecule has 0 spiro atoms. The molecule has 0 saturated carbocycles. The number of phenols is 1. The largest absolute Gasteiger partial charge is 0.506 e. The fourth-order valence-electron chi connectivity index (χ4n) is 1.68. The summed E-state index contributed by atoms with van der Waals surface area (Å²) in [5.41, 5.74) is 0.890. The molecule has 0 unspecified atom stereocenters. The molecule has 0 bridgehead atoms. The molecule has 82 valence electrons. The molecule has 0 aromatic heterocycles. The molecular weight excluding hydrogens is 235 g/mol. The van der Waals surface area contributed by atoms with E-state index in [0.29, 0.717) is 5.02 Å². The third-order valence-corrected chi connectivity index (χ3v) is 3.36. The zero-order valence-electron chi connectivity index (χ0n) is 8.13. The Kier molecular flexibility index (Phi) is 3.24.